The summed E-state index contributed by atoms with van der Waals surface area (Å²) >= 11 is 3.53. The quantitative estimate of drug-likeness (QED) is 0.544. The molecule has 68 valence electrons. The van der Waals surface area contributed by atoms with Gasteiger partial charge in [-0.1, -0.05) is 40.2 Å². The van der Waals surface area contributed by atoms with Crippen molar-refractivity contribution in [1.82, 2.24) is 0 Å². The van der Waals surface area contributed by atoms with E-state index in [9.17, 15) is 4.79 Å². The Morgan fingerprint density at radius 3 is 2.92 bits per heavy atom. The molecule has 0 aliphatic heterocycles. The second kappa shape index (κ2) is 3.26. The number of alkyl halides is 1. The van der Waals surface area contributed by atoms with Gasteiger partial charge in [0.05, 0.1) is 0 Å². The summed E-state index contributed by atoms with van der Waals surface area (Å²) in [6, 6.07) is 8.16. The highest BCUT2D eigenvalue weighted by molar-refractivity contribution is 9.10. The van der Waals surface area contributed by atoms with Crippen LogP contribution in [0.25, 0.3) is 0 Å². The minimum Gasteiger partial charge on any atom is -0.301 e. The molecule has 0 saturated heterocycles. The van der Waals surface area contributed by atoms with Crippen LogP contribution < -0.4 is 0 Å². The van der Waals surface area contributed by atoms with E-state index in [0.29, 0.717) is 0 Å². The van der Waals surface area contributed by atoms with Crippen LogP contribution >= 0.6 is 15.9 Å². The maximum Gasteiger partial charge on any atom is 0.141 e. The average Bonchev–Trinajstić information content (AvgIpc) is 2.19. The molecule has 0 saturated carbocycles. The predicted octanol–water partition coefficient (Wildman–Crippen LogP) is 2.81. The molecule has 1 aromatic rings. The van der Waals surface area contributed by atoms with Crippen molar-refractivity contribution in [3.05, 3.63) is 35.4 Å². The topological polar surface area (TPSA) is 17.1 Å². The molecular formula is C11H11BrO. The second-order valence-electron chi connectivity index (χ2n) is 3.49. The second-order valence-corrected chi connectivity index (χ2v) is 4.91. The van der Waals surface area contributed by atoms with Crippen LogP contribution in [0.4, 0.5) is 0 Å². The smallest absolute Gasteiger partial charge is 0.141 e. The van der Waals surface area contributed by atoms with Gasteiger partial charge in [0.15, 0.2) is 0 Å². The Balaban J connectivity index is 2.54. The summed E-state index contributed by atoms with van der Waals surface area (Å²) in [5.74, 6) is 0. The molecule has 0 bridgehead atoms. The number of fused-ring (bicyclic) bond motifs is 1. The standard InChI is InChI=1S/C11H11BrO/c12-11(8-13)7-3-5-9-4-1-2-6-10(9)11/h1-2,4,6,8H,3,5,7H2. The van der Waals surface area contributed by atoms with Gasteiger partial charge in [-0.05, 0) is 30.4 Å². The van der Waals surface area contributed by atoms with Crippen LogP contribution in [0.2, 0.25) is 0 Å². The van der Waals surface area contributed by atoms with Gasteiger partial charge >= 0.3 is 0 Å². The summed E-state index contributed by atoms with van der Waals surface area (Å²) in [6.07, 6.45) is 4.11. The third kappa shape index (κ3) is 1.44. The summed E-state index contributed by atoms with van der Waals surface area (Å²) in [4.78, 5) is 11.0. The monoisotopic (exact) mass is 238 g/mol. The van der Waals surface area contributed by atoms with Gasteiger partial charge in [0.1, 0.15) is 10.6 Å². The molecule has 1 aromatic carbocycles. The van der Waals surface area contributed by atoms with Crippen molar-refractivity contribution < 1.29 is 4.79 Å². The van der Waals surface area contributed by atoms with Crippen LogP contribution in [-0.4, -0.2) is 6.29 Å². The number of aryl methyl sites for hydroxylation is 1. The molecule has 0 N–H and O–H groups in total. The van der Waals surface area contributed by atoms with Gasteiger partial charge < -0.3 is 4.79 Å². The van der Waals surface area contributed by atoms with Gasteiger partial charge in [-0.2, -0.15) is 0 Å². The lowest BCUT2D eigenvalue weighted by Crippen LogP contribution is -2.25. The summed E-state index contributed by atoms with van der Waals surface area (Å²) < 4.78 is -0.415. The Kier molecular flexibility index (Phi) is 2.24. The number of benzene rings is 1. The van der Waals surface area contributed by atoms with Crippen LogP contribution in [0.5, 0.6) is 0 Å². The summed E-state index contributed by atoms with van der Waals surface area (Å²) in [6.45, 7) is 0. The van der Waals surface area contributed by atoms with Gasteiger partial charge in [0.25, 0.3) is 0 Å². The predicted molar refractivity (Wildman–Crippen MR) is 56.0 cm³/mol. The molecule has 2 rings (SSSR count). The molecule has 0 amide bonds. The van der Waals surface area contributed by atoms with E-state index < -0.39 is 4.32 Å². The van der Waals surface area contributed by atoms with Crippen molar-refractivity contribution in [2.24, 2.45) is 0 Å². The first kappa shape index (κ1) is 8.95. The molecular weight excluding hydrogens is 228 g/mol. The van der Waals surface area contributed by atoms with E-state index in [0.717, 1.165) is 31.1 Å². The lowest BCUT2D eigenvalue weighted by Gasteiger charge is -2.28. The maximum absolute atomic E-state index is 11.0. The van der Waals surface area contributed by atoms with E-state index in [-0.39, 0.29) is 0 Å². The molecule has 1 nitrogen and oxygen atoms in total. The van der Waals surface area contributed by atoms with Gasteiger partial charge in [-0.25, -0.2) is 0 Å². The molecule has 1 aliphatic carbocycles. The highest BCUT2D eigenvalue weighted by atomic mass is 79.9. The summed E-state index contributed by atoms with van der Waals surface area (Å²) in [5.41, 5.74) is 2.45. The van der Waals surface area contributed by atoms with E-state index in [2.05, 4.69) is 22.0 Å². The Hall–Kier alpha value is -0.630. The first-order valence-electron chi connectivity index (χ1n) is 4.50. The van der Waals surface area contributed by atoms with E-state index in [1.165, 1.54) is 5.56 Å². The first-order valence-corrected chi connectivity index (χ1v) is 5.29. The zero-order chi connectivity index (χ0) is 9.31. The molecule has 0 heterocycles. The van der Waals surface area contributed by atoms with Crippen LogP contribution in [0.3, 0.4) is 0 Å². The maximum atomic E-state index is 11.0. The van der Waals surface area contributed by atoms with Crippen molar-refractivity contribution in [2.45, 2.75) is 23.6 Å². The van der Waals surface area contributed by atoms with E-state index in [4.69, 9.17) is 0 Å². The van der Waals surface area contributed by atoms with Crippen molar-refractivity contribution >= 4 is 22.2 Å². The van der Waals surface area contributed by atoms with Gasteiger partial charge in [0, 0.05) is 0 Å². The molecule has 1 atom stereocenters. The third-order valence-corrected chi connectivity index (χ3v) is 3.65. The van der Waals surface area contributed by atoms with Gasteiger partial charge in [-0.15, -0.1) is 0 Å². The Labute approximate surface area is 86.3 Å². The molecule has 13 heavy (non-hydrogen) atoms. The van der Waals surface area contributed by atoms with E-state index in [1.807, 2.05) is 18.2 Å². The lowest BCUT2D eigenvalue weighted by atomic mass is 9.83. The zero-order valence-electron chi connectivity index (χ0n) is 7.29. The Morgan fingerprint density at radius 2 is 2.15 bits per heavy atom. The molecule has 2 heteroatoms. The van der Waals surface area contributed by atoms with Crippen molar-refractivity contribution in [3.8, 4) is 0 Å². The number of carbonyl (C=O) groups excluding carboxylic acids is 1. The number of hydrogen-bond donors (Lipinski definition) is 0. The largest absolute Gasteiger partial charge is 0.301 e. The summed E-state index contributed by atoms with van der Waals surface area (Å²) in [7, 11) is 0. The molecule has 1 unspecified atom stereocenters. The molecule has 1 aliphatic rings. The fourth-order valence-corrected chi connectivity index (χ4v) is 2.60. The molecule has 0 fully saturated rings. The first-order chi connectivity index (χ1) is 6.26. The number of carbonyl (C=O) groups is 1. The number of hydrogen-bond acceptors (Lipinski definition) is 1. The summed E-state index contributed by atoms with van der Waals surface area (Å²) in [5, 5.41) is 0. The molecule has 0 spiro atoms. The fraction of sp³-hybridized carbons (Fsp3) is 0.364. The third-order valence-electron chi connectivity index (χ3n) is 2.64. The van der Waals surface area contributed by atoms with E-state index >= 15 is 0 Å². The SMILES string of the molecule is O=CC1(Br)CCCc2ccccc21. The van der Waals surface area contributed by atoms with E-state index in [1.54, 1.807) is 0 Å². The average molecular weight is 239 g/mol. The van der Waals surface area contributed by atoms with Crippen LogP contribution in [-0.2, 0) is 15.5 Å². The minimum atomic E-state index is -0.415. The number of rotatable bonds is 1. The van der Waals surface area contributed by atoms with Crippen molar-refractivity contribution in [3.63, 3.8) is 0 Å². The van der Waals surface area contributed by atoms with Gasteiger partial charge in [0.2, 0.25) is 0 Å². The zero-order valence-corrected chi connectivity index (χ0v) is 8.88. The number of aldehydes is 1. The van der Waals surface area contributed by atoms with Crippen molar-refractivity contribution in [2.75, 3.05) is 0 Å². The van der Waals surface area contributed by atoms with Crippen LogP contribution in [0, 0.1) is 0 Å². The highest BCUT2D eigenvalue weighted by Gasteiger charge is 2.33. The molecule has 0 radical (unpaired) electrons. The Bertz CT molecular complexity index is 335. The van der Waals surface area contributed by atoms with Crippen LogP contribution in [0.15, 0.2) is 24.3 Å². The lowest BCUT2D eigenvalue weighted by molar-refractivity contribution is -0.110. The Morgan fingerprint density at radius 1 is 1.38 bits per heavy atom. The fourth-order valence-electron chi connectivity index (χ4n) is 1.94. The number of halogens is 1. The normalized spacial score (nSPS) is 26.5. The minimum absolute atomic E-state index is 0.415. The van der Waals surface area contributed by atoms with Crippen LogP contribution in [0.1, 0.15) is 24.0 Å². The highest BCUT2D eigenvalue weighted by Crippen LogP contribution is 2.40. The molecule has 0 aromatic heterocycles. The van der Waals surface area contributed by atoms with Crippen molar-refractivity contribution in [1.29, 1.82) is 0 Å². The van der Waals surface area contributed by atoms with Gasteiger partial charge in [-0.3, -0.25) is 0 Å².